The van der Waals surface area contributed by atoms with Crippen LogP contribution >= 0.6 is 0 Å². The maximum atomic E-state index is 12.6. The van der Waals surface area contributed by atoms with Crippen molar-refractivity contribution in [2.45, 2.75) is 19.4 Å². The Morgan fingerprint density at radius 1 is 1.35 bits per heavy atom. The molecule has 0 N–H and O–H groups in total. The number of hydrogen-bond donors (Lipinski definition) is 0. The van der Waals surface area contributed by atoms with Gasteiger partial charge in [0, 0.05) is 18.2 Å². The first-order valence-corrected chi connectivity index (χ1v) is 9.35. The van der Waals surface area contributed by atoms with Gasteiger partial charge < -0.3 is 9.32 Å². The molecule has 3 rings (SSSR count). The van der Waals surface area contributed by atoms with Crippen molar-refractivity contribution in [1.82, 2.24) is 9.88 Å². The van der Waals surface area contributed by atoms with E-state index in [4.69, 9.17) is 4.42 Å². The molecule has 0 bridgehead atoms. The Labute approximate surface area is 135 Å². The van der Waals surface area contributed by atoms with E-state index in [1.807, 2.05) is 37.3 Å². The van der Waals surface area contributed by atoms with E-state index in [0.717, 1.165) is 5.56 Å². The van der Waals surface area contributed by atoms with Gasteiger partial charge in [0.05, 0.1) is 17.7 Å². The Morgan fingerprint density at radius 2 is 2.09 bits per heavy atom. The zero-order valence-electron chi connectivity index (χ0n) is 12.8. The summed E-state index contributed by atoms with van der Waals surface area (Å²) in [6.45, 7) is 2.26. The molecule has 2 heterocycles. The summed E-state index contributed by atoms with van der Waals surface area (Å²) in [5.41, 5.74) is 0.790. The van der Waals surface area contributed by atoms with Crippen LogP contribution in [-0.4, -0.2) is 48.3 Å². The van der Waals surface area contributed by atoms with Crippen LogP contribution in [0.2, 0.25) is 0 Å². The Morgan fingerprint density at radius 3 is 2.70 bits per heavy atom. The molecule has 0 spiro atoms. The van der Waals surface area contributed by atoms with Gasteiger partial charge in [0.2, 0.25) is 11.7 Å². The monoisotopic (exact) mass is 334 g/mol. The fourth-order valence-corrected chi connectivity index (χ4v) is 4.55. The van der Waals surface area contributed by atoms with Gasteiger partial charge in [0.15, 0.2) is 9.84 Å². The van der Waals surface area contributed by atoms with Crippen LogP contribution in [0.25, 0.3) is 11.5 Å². The molecule has 1 aromatic heterocycles. The minimum atomic E-state index is -3.04. The molecule has 2 aromatic rings. The second kappa shape index (κ2) is 6.16. The van der Waals surface area contributed by atoms with Gasteiger partial charge in [0.1, 0.15) is 0 Å². The molecule has 1 aliphatic heterocycles. The predicted molar refractivity (Wildman–Crippen MR) is 85.7 cm³/mol. The van der Waals surface area contributed by atoms with Crippen LogP contribution in [0.1, 0.15) is 23.9 Å². The van der Waals surface area contributed by atoms with Crippen LogP contribution in [0.5, 0.6) is 0 Å². The summed E-state index contributed by atoms with van der Waals surface area (Å²) in [6.07, 6.45) is 1.87. The summed E-state index contributed by atoms with van der Waals surface area (Å²) in [4.78, 5) is 18.3. The van der Waals surface area contributed by atoms with E-state index in [1.165, 1.54) is 6.20 Å². The van der Waals surface area contributed by atoms with Gasteiger partial charge in [0.25, 0.3) is 5.91 Å². The fourth-order valence-electron chi connectivity index (χ4n) is 2.82. The lowest BCUT2D eigenvalue weighted by Crippen LogP contribution is -2.40. The lowest BCUT2D eigenvalue weighted by Gasteiger charge is -2.25. The maximum Gasteiger partial charge on any atom is 0.291 e. The number of amides is 1. The van der Waals surface area contributed by atoms with Gasteiger partial charge in [-0.1, -0.05) is 18.2 Å². The molecule has 1 aromatic carbocycles. The quantitative estimate of drug-likeness (QED) is 0.854. The first kappa shape index (κ1) is 15.7. The lowest BCUT2D eigenvalue weighted by molar-refractivity contribution is 0.0676. The van der Waals surface area contributed by atoms with Crippen LogP contribution in [0.4, 0.5) is 0 Å². The second-order valence-corrected chi connectivity index (χ2v) is 7.77. The second-order valence-electron chi connectivity index (χ2n) is 5.54. The van der Waals surface area contributed by atoms with E-state index in [9.17, 15) is 13.2 Å². The van der Waals surface area contributed by atoms with Crippen molar-refractivity contribution in [3.63, 3.8) is 0 Å². The molecule has 0 aliphatic carbocycles. The number of benzene rings is 1. The standard InChI is InChI=1S/C16H18N2O4S/c1-2-18(13-8-9-23(20,21)11-13)16(19)14-10-17-15(22-14)12-6-4-3-5-7-12/h3-7,10,13H,2,8-9,11H2,1H3. The number of aromatic nitrogens is 1. The Bertz CT molecular complexity index is 798. The lowest BCUT2D eigenvalue weighted by atomic mass is 10.2. The van der Waals surface area contributed by atoms with Crippen molar-refractivity contribution < 1.29 is 17.6 Å². The maximum absolute atomic E-state index is 12.6. The highest BCUT2D eigenvalue weighted by atomic mass is 32.2. The molecule has 23 heavy (non-hydrogen) atoms. The molecule has 1 amide bonds. The third-order valence-electron chi connectivity index (χ3n) is 3.99. The number of sulfone groups is 1. The topological polar surface area (TPSA) is 80.5 Å². The van der Waals surface area contributed by atoms with E-state index in [2.05, 4.69) is 4.98 Å². The molecule has 122 valence electrons. The van der Waals surface area contributed by atoms with Crippen molar-refractivity contribution >= 4 is 15.7 Å². The minimum Gasteiger partial charge on any atom is -0.431 e. The van der Waals surface area contributed by atoms with E-state index in [0.29, 0.717) is 18.9 Å². The number of nitrogens with zero attached hydrogens (tertiary/aromatic N) is 2. The van der Waals surface area contributed by atoms with Gasteiger partial charge in [-0.05, 0) is 25.5 Å². The molecule has 0 saturated carbocycles. The van der Waals surface area contributed by atoms with Crippen molar-refractivity contribution in [3.05, 3.63) is 42.3 Å². The summed E-state index contributed by atoms with van der Waals surface area (Å²) >= 11 is 0. The van der Waals surface area contributed by atoms with E-state index in [-0.39, 0.29) is 29.2 Å². The van der Waals surface area contributed by atoms with Crippen LogP contribution in [0.3, 0.4) is 0 Å². The highest BCUT2D eigenvalue weighted by Crippen LogP contribution is 2.23. The average Bonchev–Trinajstić information content (AvgIpc) is 3.16. The zero-order chi connectivity index (χ0) is 16.4. The van der Waals surface area contributed by atoms with Gasteiger partial charge in [-0.3, -0.25) is 4.79 Å². The molecule has 7 heteroatoms. The number of rotatable bonds is 4. The van der Waals surface area contributed by atoms with Gasteiger partial charge in [-0.15, -0.1) is 0 Å². The third kappa shape index (κ3) is 3.29. The van der Waals surface area contributed by atoms with Crippen LogP contribution in [0.15, 0.2) is 40.9 Å². The molecular weight excluding hydrogens is 316 g/mol. The summed E-state index contributed by atoms with van der Waals surface area (Å²) in [5.74, 6) is 0.350. The predicted octanol–water partition coefficient (Wildman–Crippen LogP) is 1.99. The minimum absolute atomic E-state index is 0.0201. The molecule has 1 atom stereocenters. The molecule has 1 fully saturated rings. The van der Waals surface area contributed by atoms with Gasteiger partial charge in [-0.2, -0.15) is 0 Å². The van der Waals surface area contributed by atoms with Gasteiger partial charge >= 0.3 is 0 Å². The highest BCUT2D eigenvalue weighted by molar-refractivity contribution is 7.91. The van der Waals surface area contributed by atoms with Crippen molar-refractivity contribution in [2.75, 3.05) is 18.1 Å². The number of carbonyl (C=O) groups excluding carboxylic acids is 1. The van der Waals surface area contributed by atoms with Crippen molar-refractivity contribution in [2.24, 2.45) is 0 Å². The fraction of sp³-hybridized carbons (Fsp3) is 0.375. The third-order valence-corrected chi connectivity index (χ3v) is 5.74. The van der Waals surface area contributed by atoms with E-state index in [1.54, 1.807) is 4.90 Å². The Hall–Kier alpha value is -2.15. The highest BCUT2D eigenvalue weighted by Gasteiger charge is 2.35. The van der Waals surface area contributed by atoms with Gasteiger partial charge in [-0.25, -0.2) is 13.4 Å². The molecule has 1 aliphatic rings. The summed E-state index contributed by atoms with van der Waals surface area (Å²) in [6, 6.07) is 9.02. The first-order valence-electron chi connectivity index (χ1n) is 7.53. The normalized spacial score (nSPS) is 19.6. The molecule has 1 unspecified atom stereocenters. The smallest absolute Gasteiger partial charge is 0.291 e. The first-order chi connectivity index (χ1) is 11.0. The van der Waals surface area contributed by atoms with Crippen molar-refractivity contribution in [1.29, 1.82) is 0 Å². The largest absolute Gasteiger partial charge is 0.431 e. The molecule has 6 nitrogen and oxygen atoms in total. The summed E-state index contributed by atoms with van der Waals surface area (Å²) in [5, 5.41) is 0. The number of hydrogen-bond acceptors (Lipinski definition) is 5. The molecule has 1 saturated heterocycles. The Balaban J connectivity index is 1.81. The van der Waals surface area contributed by atoms with Crippen LogP contribution in [0, 0.1) is 0 Å². The molecular formula is C16H18N2O4S. The number of oxazole rings is 1. The molecule has 0 radical (unpaired) electrons. The van der Waals surface area contributed by atoms with E-state index >= 15 is 0 Å². The number of carbonyl (C=O) groups is 1. The van der Waals surface area contributed by atoms with E-state index < -0.39 is 9.84 Å². The van der Waals surface area contributed by atoms with Crippen LogP contribution in [-0.2, 0) is 9.84 Å². The summed E-state index contributed by atoms with van der Waals surface area (Å²) < 4.78 is 28.8. The Kier molecular flexibility index (Phi) is 4.21. The summed E-state index contributed by atoms with van der Waals surface area (Å²) in [7, 11) is -3.04. The zero-order valence-corrected chi connectivity index (χ0v) is 13.6. The van der Waals surface area contributed by atoms with Crippen molar-refractivity contribution in [3.8, 4) is 11.5 Å². The average molecular weight is 334 g/mol. The SMILES string of the molecule is CCN(C(=O)c1cnc(-c2ccccc2)o1)C1CCS(=O)(=O)C1. The van der Waals surface area contributed by atoms with Crippen LogP contribution < -0.4 is 0 Å².